The molecule has 0 spiro atoms. The van der Waals surface area contributed by atoms with Crippen LogP contribution in [0.3, 0.4) is 0 Å². The van der Waals surface area contributed by atoms with E-state index in [-0.39, 0.29) is 11.1 Å². The monoisotopic (exact) mass is 657 g/mol. The summed E-state index contributed by atoms with van der Waals surface area (Å²) in [5.74, 6) is 0. The molecule has 0 fully saturated rings. The van der Waals surface area contributed by atoms with E-state index >= 15 is 0 Å². The number of benzene rings is 7. The SMILES string of the molecule is O=c1c2cc(-c3ccc(N(c4ccccc4)c4cccc(-c5ccccc5)c4)cc3)ccc2n2c(=O)c3ccccc3cc2n1-c1ccccc1. The highest BCUT2D eigenvalue weighted by Gasteiger charge is 2.18. The van der Waals surface area contributed by atoms with Crippen molar-refractivity contribution in [3.8, 4) is 27.9 Å². The lowest BCUT2D eigenvalue weighted by Crippen LogP contribution is -2.27. The molecule has 5 heteroatoms. The molecule has 7 aromatic carbocycles. The molecule has 0 aliphatic heterocycles. The van der Waals surface area contributed by atoms with Gasteiger partial charge in [-0.1, -0.05) is 115 Å². The topological polar surface area (TPSA) is 46.7 Å². The van der Waals surface area contributed by atoms with Gasteiger partial charge >= 0.3 is 0 Å². The van der Waals surface area contributed by atoms with Gasteiger partial charge in [0.05, 0.1) is 16.6 Å². The van der Waals surface area contributed by atoms with Gasteiger partial charge < -0.3 is 4.90 Å². The van der Waals surface area contributed by atoms with Crippen LogP contribution in [0.25, 0.3) is 55.3 Å². The highest BCUT2D eigenvalue weighted by atomic mass is 16.1. The van der Waals surface area contributed by atoms with Crippen LogP contribution in [0.5, 0.6) is 0 Å². The lowest BCUT2D eigenvalue weighted by Gasteiger charge is -2.26. The summed E-state index contributed by atoms with van der Waals surface area (Å²) in [6.45, 7) is 0. The van der Waals surface area contributed by atoms with E-state index in [0.29, 0.717) is 27.6 Å². The van der Waals surface area contributed by atoms with Gasteiger partial charge in [-0.25, -0.2) is 0 Å². The number of rotatable bonds is 6. The first-order valence-corrected chi connectivity index (χ1v) is 16.9. The van der Waals surface area contributed by atoms with Crippen LogP contribution in [0.4, 0.5) is 17.1 Å². The molecule has 51 heavy (non-hydrogen) atoms. The van der Waals surface area contributed by atoms with Gasteiger partial charge in [-0.3, -0.25) is 18.6 Å². The van der Waals surface area contributed by atoms with Crippen molar-refractivity contribution in [1.29, 1.82) is 0 Å². The minimum atomic E-state index is -0.182. The minimum absolute atomic E-state index is 0.160. The fraction of sp³-hybridized carbons (Fsp3) is 0. The summed E-state index contributed by atoms with van der Waals surface area (Å²) in [5, 5.41) is 1.86. The van der Waals surface area contributed by atoms with Gasteiger partial charge in [-0.2, -0.15) is 0 Å². The maximum Gasteiger partial charge on any atom is 0.266 e. The van der Waals surface area contributed by atoms with Gasteiger partial charge in [0.1, 0.15) is 5.65 Å². The summed E-state index contributed by atoms with van der Waals surface area (Å²) < 4.78 is 3.31. The van der Waals surface area contributed by atoms with Gasteiger partial charge in [0.15, 0.2) is 0 Å². The molecule has 2 aromatic heterocycles. The summed E-state index contributed by atoms with van der Waals surface area (Å²) in [4.78, 5) is 30.7. The zero-order chi connectivity index (χ0) is 34.3. The minimum Gasteiger partial charge on any atom is -0.310 e. The second-order valence-electron chi connectivity index (χ2n) is 12.6. The fourth-order valence-electron chi connectivity index (χ4n) is 7.06. The van der Waals surface area contributed by atoms with Gasteiger partial charge in [0.2, 0.25) is 0 Å². The molecule has 0 radical (unpaired) electrons. The highest BCUT2D eigenvalue weighted by Crippen LogP contribution is 2.37. The van der Waals surface area contributed by atoms with Gasteiger partial charge in [0.25, 0.3) is 11.1 Å². The van der Waals surface area contributed by atoms with Crippen molar-refractivity contribution < 1.29 is 0 Å². The Kier molecular flexibility index (Phi) is 7.37. The highest BCUT2D eigenvalue weighted by molar-refractivity contribution is 5.91. The summed E-state index contributed by atoms with van der Waals surface area (Å²) in [5.41, 5.74) is 8.71. The summed E-state index contributed by atoms with van der Waals surface area (Å²) in [7, 11) is 0. The Bertz CT molecular complexity index is 2830. The molecule has 9 aromatic rings. The molecule has 0 unspecified atom stereocenters. The number of hydrogen-bond donors (Lipinski definition) is 0. The summed E-state index contributed by atoms with van der Waals surface area (Å²) >= 11 is 0. The van der Waals surface area contributed by atoms with Gasteiger partial charge in [-0.15, -0.1) is 0 Å². The maximum atomic E-state index is 14.4. The van der Waals surface area contributed by atoms with Crippen LogP contribution >= 0.6 is 0 Å². The molecular formula is C46H31N3O2. The van der Waals surface area contributed by atoms with Crippen LogP contribution in [0.2, 0.25) is 0 Å². The van der Waals surface area contributed by atoms with E-state index in [2.05, 4.69) is 89.8 Å². The molecule has 0 atom stereocenters. The van der Waals surface area contributed by atoms with E-state index in [1.165, 1.54) is 0 Å². The molecule has 0 amide bonds. The van der Waals surface area contributed by atoms with Crippen molar-refractivity contribution in [3.05, 3.63) is 209 Å². The Balaban J connectivity index is 1.18. The average Bonchev–Trinajstić information content (AvgIpc) is 3.19. The van der Waals surface area contributed by atoms with Crippen molar-refractivity contribution in [2.75, 3.05) is 4.90 Å². The van der Waals surface area contributed by atoms with E-state index < -0.39 is 0 Å². The molecule has 0 N–H and O–H groups in total. The quantitative estimate of drug-likeness (QED) is 0.132. The summed E-state index contributed by atoms with van der Waals surface area (Å²) in [6.07, 6.45) is 0. The number of fused-ring (bicyclic) bond motifs is 4. The molecule has 9 rings (SSSR count). The third-order valence-corrected chi connectivity index (χ3v) is 9.51. The van der Waals surface area contributed by atoms with Gasteiger partial charge in [0, 0.05) is 22.4 Å². The molecule has 0 aliphatic rings. The number of para-hydroxylation sites is 2. The Hall–Kier alpha value is -6.98. The Labute approximate surface area is 294 Å². The number of anilines is 3. The largest absolute Gasteiger partial charge is 0.310 e. The average molecular weight is 658 g/mol. The van der Waals surface area contributed by atoms with Crippen molar-refractivity contribution >= 4 is 44.4 Å². The predicted molar refractivity (Wildman–Crippen MR) is 210 cm³/mol. The number of aromatic nitrogens is 2. The fourth-order valence-corrected chi connectivity index (χ4v) is 7.06. The van der Waals surface area contributed by atoms with Crippen LogP contribution in [0.15, 0.2) is 198 Å². The maximum absolute atomic E-state index is 14.4. The molecular weight excluding hydrogens is 627 g/mol. The third kappa shape index (κ3) is 5.29. The van der Waals surface area contributed by atoms with E-state index in [4.69, 9.17) is 0 Å². The Morgan fingerprint density at radius 1 is 0.392 bits per heavy atom. The second-order valence-corrected chi connectivity index (χ2v) is 12.6. The number of hydrogen-bond acceptors (Lipinski definition) is 3. The van der Waals surface area contributed by atoms with E-state index in [9.17, 15) is 9.59 Å². The first-order valence-electron chi connectivity index (χ1n) is 16.9. The normalized spacial score (nSPS) is 11.3. The first-order chi connectivity index (χ1) is 25.1. The lowest BCUT2D eigenvalue weighted by molar-refractivity contribution is 0.977. The van der Waals surface area contributed by atoms with Gasteiger partial charge in [-0.05, 0) is 100 Å². The molecule has 0 saturated heterocycles. The standard InChI is InChI=1S/C46H31N3O2/c50-45-41-22-11-10-15-36(41)31-44-48(38-19-8-3-9-20-38)46(51)42-30-35(25-28-43(42)49(44)45)33-23-26-39(27-24-33)47(37-17-6-2-7-18-37)40-21-12-16-34(29-40)32-13-4-1-5-14-32/h1-31H. The van der Waals surface area contributed by atoms with Crippen molar-refractivity contribution in [2.24, 2.45) is 0 Å². The second kappa shape index (κ2) is 12.5. The molecule has 0 bridgehead atoms. The molecule has 242 valence electrons. The first kappa shape index (κ1) is 30.1. The molecule has 5 nitrogen and oxygen atoms in total. The Morgan fingerprint density at radius 3 is 1.73 bits per heavy atom. The van der Waals surface area contributed by atoms with Crippen LogP contribution in [0.1, 0.15) is 0 Å². The molecule has 0 aliphatic carbocycles. The van der Waals surface area contributed by atoms with E-state index in [1.54, 1.807) is 8.97 Å². The Morgan fingerprint density at radius 2 is 0.961 bits per heavy atom. The summed E-state index contributed by atoms with van der Waals surface area (Å²) in [6, 6.07) is 62.4. The van der Waals surface area contributed by atoms with Crippen LogP contribution < -0.4 is 16.0 Å². The smallest absolute Gasteiger partial charge is 0.266 e. The van der Waals surface area contributed by atoms with Crippen molar-refractivity contribution in [3.63, 3.8) is 0 Å². The molecule has 2 heterocycles. The third-order valence-electron chi connectivity index (χ3n) is 9.51. The van der Waals surface area contributed by atoms with E-state index in [1.807, 2.05) is 103 Å². The zero-order valence-electron chi connectivity index (χ0n) is 27.6. The predicted octanol–water partition coefficient (Wildman–Crippen LogP) is 10.6. The number of pyridine rings is 1. The number of nitrogens with zero attached hydrogens (tertiary/aromatic N) is 3. The van der Waals surface area contributed by atoms with Crippen molar-refractivity contribution in [1.82, 2.24) is 8.97 Å². The van der Waals surface area contributed by atoms with Crippen LogP contribution in [-0.4, -0.2) is 8.97 Å². The lowest BCUT2D eigenvalue weighted by atomic mass is 10.0. The van der Waals surface area contributed by atoms with Crippen LogP contribution in [0, 0.1) is 0 Å². The zero-order valence-corrected chi connectivity index (χ0v) is 27.6. The van der Waals surface area contributed by atoms with E-state index in [0.717, 1.165) is 44.7 Å². The van der Waals surface area contributed by atoms with Crippen molar-refractivity contribution in [2.45, 2.75) is 0 Å². The van der Waals surface area contributed by atoms with Crippen LogP contribution in [-0.2, 0) is 0 Å². The molecule has 0 saturated carbocycles.